The predicted octanol–water partition coefficient (Wildman–Crippen LogP) is 3.78. The molecule has 1 atom stereocenters. The minimum atomic E-state index is -0.145. The average molecular weight is 341 g/mol. The Hall–Kier alpha value is -1.08. The van der Waals surface area contributed by atoms with Gasteiger partial charge in [0, 0.05) is 19.3 Å². The van der Waals surface area contributed by atoms with Gasteiger partial charge in [-0.2, -0.15) is 0 Å². The van der Waals surface area contributed by atoms with Gasteiger partial charge in [0.15, 0.2) is 10.8 Å². The molecule has 2 rings (SSSR count). The molecule has 0 aliphatic rings. The molecule has 0 fully saturated rings. The van der Waals surface area contributed by atoms with Crippen LogP contribution in [0.1, 0.15) is 46.0 Å². The van der Waals surface area contributed by atoms with Gasteiger partial charge in [-0.3, -0.25) is 9.13 Å². The predicted molar refractivity (Wildman–Crippen MR) is 95.2 cm³/mol. The second-order valence-electron chi connectivity index (χ2n) is 5.72. The highest BCUT2D eigenvalue weighted by Crippen LogP contribution is 2.26. The van der Waals surface area contributed by atoms with E-state index in [0.29, 0.717) is 15.5 Å². The molecule has 7 heteroatoms. The summed E-state index contributed by atoms with van der Waals surface area (Å²) in [4.78, 5) is 19.9. The van der Waals surface area contributed by atoms with Crippen LogP contribution in [0.4, 0.5) is 0 Å². The van der Waals surface area contributed by atoms with Crippen molar-refractivity contribution >= 4 is 35.1 Å². The molecule has 0 saturated carbocycles. The molecular formula is C15H24N4OS2. The summed E-state index contributed by atoms with van der Waals surface area (Å²) in [6.45, 7) is 4.45. The summed E-state index contributed by atoms with van der Waals surface area (Å²) >= 11 is 7.06. The molecule has 0 aromatic carbocycles. The molecule has 5 nitrogen and oxygen atoms in total. The number of aromatic nitrogens is 4. The number of imidazole rings is 1. The number of unbranched alkanes of at least 4 members (excludes halogenated alkanes) is 3. The molecule has 2 aromatic heterocycles. The lowest BCUT2D eigenvalue weighted by Crippen LogP contribution is -2.27. The molecule has 2 heterocycles. The van der Waals surface area contributed by atoms with Gasteiger partial charge in [-0.05, 0) is 6.42 Å². The zero-order chi connectivity index (χ0) is 16.3. The van der Waals surface area contributed by atoms with E-state index in [1.165, 1.54) is 41.2 Å². The second kappa shape index (κ2) is 7.46. The van der Waals surface area contributed by atoms with E-state index in [-0.39, 0.29) is 5.69 Å². The van der Waals surface area contributed by atoms with Crippen molar-refractivity contribution in [1.29, 1.82) is 0 Å². The standard InChI is InChI=1S/C15H24N4OS2/c1-5-6-7-8-9-10(2)22-14-16-11-12(17-14)18(3)15(20)19(4)13(11)21/h10H,5-9H2,1-4H3,(H,16,17)/t10-/m0/s1. The highest BCUT2D eigenvalue weighted by Gasteiger charge is 2.13. The van der Waals surface area contributed by atoms with Gasteiger partial charge in [-0.1, -0.05) is 63.5 Å². The Morgan fingerprint density at radius 2 is 2.00 bits per heavy atom. The molecule has 0 radical (unpaired) electrons. The third-order valence-electron chi connectivity index (χ3n) is 3.85. The van der Waals surface area contributed by atoms with E-state index >= 15 is 0 Å². The lowest BCUT2D eigenvalue weighted by atomic mass is 10.1. The lowest BCUT2D eigenvalue weighted by molar-refractivity contribution is 0.630. The van der Waals surface area contributed by atoms with Crippen LogP contribution in [0.3, 0.4) is 0 Å². The van der Waals surface area contributed by atoms with Crippen molar-refractivity contribution in [3.05, 3.63) is 15.1 Å². The minimum Gasteiger partial charge on any atom is -0.329 e. The quantitative estimate of drug-likeness (QED) is 0.473. The third-order valence-corrected chi connectivity index (χ3v) is 5.38. The number of nitrogens with zero attached hydrogens (tertiary/aromatic N) is 3. The first kappa shape index (κ1) is 17.3. The summed E-state index contributed by atoms with van der Waals surface area (Å²) in [5.41, 5.74) is 1.25. The fraction of sp³-hybridized carbons (Fsp3) is 0.667. The van der Waals surface area contributed by atoms with Crippen molar-refractivity contribution in [3.8, 4) is 0 Å². The molecule has 0 aliphatic carbocycles. The smallest absolute Gasteiger partial charge is 0.329 e. The van der Waals surface area contributed by atoms with Crippen LogP contribution in [0.2, 0.25) is 0 Å². The van der Waals surface area contributed by atoms with Crippen LogP contribution in [0.15, 0.2) is 9.95 Å². The van der Waals surface area contributed by atoms with Gasteiger partial charge in [-0.25, -0.2) is 9.78 Å². The number of hydrogen-bond donors (Lipinski definition) is 1. The Balaban J connectivity index is 2.17. The summed E-state index contributed by atoms with van der Waals surface area (Å²) in [7, 11) is 3.41. The Bertz CT molecular complexity index is 759. The van der Waals surface area contributed by atoms with Crippen molar-refractivity contribution in [2.75, 3.05) is 0 Å². The van der Waals surface area contributed by atoms with E-state index in [4.69, 9.17) is 12.2 Å². The summed E-state index contributed by atoms with van der Waals surface area (Å²) < 4.78 is 3.52. The number of fused-ring (bicyclic) bond motifs is 1. The number of hydrogen-bond acceptors (Lipinski definition) is 4. The molecule has 2 aromatic rings. The number of aromatic amines is 1. The van der Waals surface area contributed by atoms with E-state index in [2.05, 4.69) is 23.8 Å². The molecule has 122 valence electrons. The van der Waals surface area contributed by atoms with Crippen LogP contribution in [-0.2, 0) is 14.1 Å². The number of thioether (sulfide) groups is 1. The van der Waals surface area contributed by atoms with Crippen molar-refractivity contribution in [2.45, 2.75) is 56.4 Å². The maximum atomic E-state index is 12.0. The van der Waals surface area contributed by atoms with Crippen molar-refractivity contribution in [1.82, 2.24) is 19.1 Å². The Labute approximate surface area is 140 Å². The van der Waals surface area contributed by atoms with Gasteiger partial charge in [-0.15, -0.1) is 0 Å². The molecule has 0 spiro atoms. The van der Waals surface area contributed by atoms with E-state index < -0.39 is 0 Å². The van der Waals surface area contributed by atoms with Crippen molar-refractivity contribution in [3.63, 3.8) is 0 Å². The molecule has 0 amide bonds. The molecule has 22 heavy (non-hydrogen) atoms. The molecule has 1 N–H and O–H groups in total. The van der Waals surface area contributed by atoms with E-state index in [9.17, 15) is 4.79 Å². The summed E-state index contributed by atoms with van der Waals surface area (Å²) in [5, 5.41) is 1.34. The molecular weight excluding hydrogens is 316 g/mol. The first-order chi connectivity index (χ1) is 10.5. The van der Waals surface area contributed by atoms with E-state index in [0.717, 1.165) is 10.7 Å². The first-order valence-corrected chi connectivity index (χ1v) is 9.06. The van der Waals surface area contributed by atoms with Crippen molar-refractivity contribution < 1.29 is 0 Å². The zero-order valence-electron chi connectivity index (χ0n) is 13.7. The van der Waals surface area contributed by atoms with Crippen LogP contribution in [0, 0.1) is 4.64 Å². The van der Waals surface area contributed by atoms with Crippen LogP contribution < -0.4 is 5.69 Å². The minimum absolute atomic E-state index is 0.145. The van der Waals surface area contributed by atoms with Crippen LogP contribution in [-0.4, -0.2) is 24.4 Å². The fourth-order valence-corrected chi connectivity index (χ4v) is 3.65. The highest BCUT2D eigenvalue weighted by atomic mass is 32.2. The maximum Gasteiger partial charge on any atom is 0.330 e. The maximum absolute atomic E-state index is 12.0. The molecule has 0 aliphatic heterocycles. The number of rotatable bonds is 7. The SMILES string of the molecule is CCCCCC[C@H](C)Sc1nc2c([nH]1)c(=S)n(C)c(=O)n2C. The van der Waals surface area contributed by atoms with Gasteiger partial charge in [0.2, 0.25) is 0 Å². The Kier molecular flexibility index (Phi) is 5.86. The summed E-state index contributed by atoms with van der Waals surface area (Å²) in [6.07, 6.45) is 6.29. The van der Waals surface area contributed by atoms with Gasteiger partial charge in [0.25, 0.3) is 0 Å². The van der Waals surface area contributed by atoms with Gasteiger partial charge in [0.1, 0.15) is 10.2 Å². The first-order valence-electron chi connectivity index (χ1n) is 7.78. The van der Waals surface area contributed by atoms with Crippen LogP contribution in [0.5, 0.6) is 0 Å². The fourth-order valence-electron chi connectivity index (χ4n) is 2.47. The van der Waals surface area contributed by atoms with Gasteiger partial charge >= 0.3 is 5.69 Å². The Morgan fingerprint density at radius 3 is 2.68 bits per heavy atom. The number of nitrogens with one attached hydrogen (secondary N) is 1. The van der Waals surface area contributed by atoms with Crippen LogP contribution >= 0.6 is 24.0 Å². The summed E-state index contributed by atoms with van der Waals surface area (Å²) in [6, 6.07) is 0. The monoisotopic (exact) mass is 340 g/mol. The second-order valence-corrected chi connectivity index (χ2v) is 7.54. The van der Waals surface area contributed by atoms with Gasteiger partial charge < -0.3 is 4.98 Å². The van der Waals surface area contributed by atoms with Gasteiger partial charge in [0.05, 0.1) is 0 Å². The summed E-state index contributed by atoms with van der Waals surface area (Å²) in [5.74, 6) is 0. The largest absolute Gasteiger partial charge is 0.330 e. The van der Waals surface area contributed by atoms with Crippen LogP contribution in [0.25, 0.3) is 11.2 Å². The highest BCUT2D eigenvalue weighted by molar-refractivity contribution is 7.99. The Morgan fingerprint density at radius 1 is 1.27 bits per heavy atom. The topological polar surface area (TPSA) is 55.6 Å². The van der Waals surface area contributed by atoms with E-state index in [1.807, 2.05) is 0 Å². The molecule has 0 bridgehead atoms. The molecule has 0 saturated heterocycles. The zero-order valence-corrected chi connectivity index (χ0v) is 15.3. The number of H-pyrrole nitrogens is 1. The van der Waals surface area contributed by atoms with E-state index in [1.54, 1.807) is 25.9 Å². The van der Waals surface area contributed by atoms with Crippen molar-refractivity contribution in [2.24, 2.45) is 14.1 Å². The normalized spacial score (nSPS) is 12.9. The lowest BCUT2D eigenvalue weighted by Gasteiger charge is -2.08. The number of aryl methyl sites for hydroxylation is 1. The third kappa shape index (κ3) is 3.63. The average Bonchev–Trinajstić information content (AvgIpc) is 2.91. The molecule has 0 unspecified atom stereocenters.